The molecule has 2 aromatic rings. The van der Waals surface area contributed by atoms with E-state index < -0.39 is 23.2 Å². The van der Waals surface area contributed by atoms with Crippen LogP contribution in [0.4, 0.5) is 0 Å². The number of hydrogen-bond acceptors (Lipinski definition) is 0. The molecule has 2 aliphatic rings. The van der Waals surface area contributed by atoms with Crippen molar-refractivity contribution in [1.82, 2.24) is 0 Å². The van der Waals surface area contributed by atoms with Crippen molar-refractivity contribution in [3.05, 3.63) is 79.7 Å². The number of benzene rings is 2. The molecule has 1 heteroatoms. The predicted octanol–water partition coefficient (Wildman–Crippen LogP) is 10.1. The van der Waals surface area contributed by atoms with Crippen LogP contribution >= 0.6 is 0 Å². The molecule has 0 N–H and O–H groups in total. The summed E-state index contributed by atoms with van der Waals surface area (Å²) in [6.07, 6.45) is 9.21. The Morgan fingerprint density at radius 1 is 0.714 bits per heavy atom. The molecule has 0 bridgehead atoms. The topological polar surface area (TPSA) is 0 Å². The van der Waals surface area contributed by atoms with Crippen LogP contribution < -0.4 is 0 Å². The number of hydrogen-bond donors (Lipinski definition) is 0. The second kappa shape index (κ2) is 9.60. The quantitative estimate of drug-likeness (QED) is 0.350. The third-order valence-corrected chi connectivity index (χ3v) is 12.2. The van der Waals surface area contributed by atoms with E-state index in [0.29, 0.717) is 9.54 Å². The van der Waals surface area contributed by atoms with Crippen molar-refractivity contribution in [1.29, 1.82) is 0 Å². The van der Waals surface area contributed by atoms with Gasteiger partial charge in [0.2, 0.25) is 0 Å². The van der Waals surface area contributed by atoms with Crippen LogP contribution in [0.15, 0.2) is 57.4 Å². The molecule has 35 heavy (non-hydrogen) atoms. The molecule has 0 aliphatic heterocycles. The molecular formula is C34H46Zr. The zero-order valence-electron chi connectivity index (χ0n) is 23.9. The monoisotopic (exact) mass is 544 g/mol. The zero-order valence-corrected chi connectivity index (χ0v) is 26.4. The molecule has 2 aliphatic carbocycles. The molecule has 0 spiro atoms. The molecule has 0 radical (unpaired) electrons. The fraction of sp³-hybridized carbons (Fsp3) is 0.529. The SMILES string of the molecule is CCCCC1C=C(C(C)(C)C)C=[C]1[Zr][CH]1c2cc(C(C)(C)C)ccc2-c2ccc(C(C)(C)C)cc21. The van der Waals surface area contributed by atoms with Gasteiger partial charge in [-0.1, -0.05) is 0 Å². The van der Waals surface area contributed by atoms with Gasteiger partial charge in [-0.2, -0.15) is 0 Å². The van der Waals surface area contributed by atoms with Crippen molar-refractivity contribution >= 4 is 0 Å². The van der Waals surface area contributed by atoms with Gasteiger partial charge in [0, 0.05) is 0 Å². The van der Waals surface area contributed by atoms with Crippen LogP contribution in [0.2, 0.25) is 0 Å². The van der Waals surface area contributed by atoms with Gasteiger partial charge in [0.1, 0.15) is 0 Å². The Hall–Kier alpha value is -1.20. The zero-order chi connectivity index (χ0) is 25.8. The molecule has 2 aromatic carbocycles. The third-order valence-electron chi connectivity index (χ3n) is 7.88. The van der Waals surface area contributed by atoms with Crippen LogP contribution in [-0.2, 0) is 34.1 Å². The van der Waals surface area contributed by atoms with E-state index in [2.05, 4.69) is 118 Å². The first kappa shape index (κ1) is 26.9. The Morgan fingerprint density at radius 3 is 1.66 bits per heavy atom. The van der Waals surface area contributed by atoms with E-state index >= 15 is 0 Å². The summed E-state index contributed by atoms with van der Waals surface area (Å²) in [5.41, 5.74) is 11.3. The number of allylic oxidation sites excluding steroid dienone is 4. The van der Waals surface area contributed by atoms with E-state index in [1.165, 1.54) is 41.5 Å². The summed E-state index contributed by atoms with van der Waals surface area (Å²) < 4.78 is 2.43. The summed E-state index contributed by atoms with van der Waals surface area (Å²) in [6, 6.07) is 14.8. The van der Waals surface area contributed by atoms with Crippen molar-refractivity contribution in [3.8, 4) is 11.1 Å². The Labute approximate surface area is 227 Å². The van der Waals surface area contributed by atoms with Crippen molar-refractivity contribution in [3.63, 3.8) is 0 Å². The number of rotatable bonds is 5. The van der Waals surface area contributed by atoms with E-state index in [4.69, 9.17) is 0 Å². The molecule has 0 amide bonds. The van der Waals surface area contributed by atoms with E-state index in [1.54, 1.807) is 16.7 Å². The van der Waals surface area contributed by atoms with Gasteiger partial charge >= 0.3 is 228 Å². The Kier molecular flexibility index (Phi) is 7.36. The van der Waals surface area contributed by atoms with Crippen LogP contribution in [0.5, 0.6) is 0 Å². The third kappa shape index (κ3) is 5.56. The maximum atomic E-state index is 2.64. The molecule has 186 valence electrons. The first-order valence-electron chi connectivity index (χ1n) is 13.7. The van der Waals surface area contributed by atoms with Crippen molar-refractivity contribution in [2.75, 3.05) is 0 Å². The van der Waals surface area contributed by atoms with Crippen LogP contribution in [0, 0.1) is 11.3 Å². The van der Waals surface area contributed by atoms with Crippen molar-refractivity contribution in [2.24, 2.45) is 11.3 Å². The van der Waals surface area contributed by atoms with E-state index in [-0.39, 0.29) is 16.2 Å². The summed E-state index contributed by atoms with van der Waals surface area (Å²) in [4.78, 5) is 0. The predicted molar refractivity (Wildman–Crippen MR) is 150 cm³/mol. The van der Waals surface area contributed by atoms with Crippen LogP contribution in [0.1, 0.15) is 114 Å². The van der Waals surface area contributed by atoms with E-state index in [1.807, 2.05) is 3.28 Å². The second-order valence-electron chi connectivity index (χ2n) is 13.9. The van der Waals surface area contributed by atoms with Gasteiger partial charge in [0.05, 0.1) is 0 Å². The molecule has 1 unspecified atom stereocenters. The Bertz CT molecular complexity index is 1090. The summed E-state index contributed by atoms with van der Waals surface area (Å²) in [7, 11) is 0. The van der Waals surface area contributed by atoms with Crippen LogP contribution in [0.25, 0.3) is 11.1 Å². The first-order chi connectivity index (χ1) is 16.2. The minimum atomic E-state index is -0.901. The maximum absolute atomic E-state index is 2.64. The van der Waals surface area contributed by atoms with Gasteiger partial charge in [-0.05, 0) is 0 Å². The summed E-state index contributed by atoms with van der Waals surface area (Å²) >= 11 is -0.901. The molecule has 4 rings (SSSR count). The molecule has 0 nitrogen and oxygen atoms in total. The van der Waals surface area contributed by atoms with Crippen LogP contribution in [-0.4, -0.2) is 0 Å². The summed E-state index contributed by atoms with van der Waals surface area (Å²) in [5, 5.41) is 0. The normalized spacial score (nSPS) is 18.3. The number of fused-ring (bicyclic) bond motifs is 3. The molecule has 0 heterocycles. The van der Waals surface area contributed by atoms with E-state index in [9.17, 15) is 0 Å². The van der Waals surface area contributed by atoms with Crippen molar-refractivity contribution < 1.29 is 23.2 Å². The molecule has 0 saturated heterocycles. The van der Waals surface area contributed by atoms with Crippen LogP contribution in [0.3, 0.4) is 0 Å². The number of unbranched alkanes of at least 4 members (excludes halogenated alkanes) is 1. The standard InChI is InChI=1S/C21H25.C13H21.Zr/c1-20(2,3)16-7-9-18-14(12-16)11-15-13-17(21(4,5)6)8-10-19(15)18;1-5-6-7-11-8-9-12(10-11)13(2,3)4;/h7-13H,1-6H3;9-11H,5-7H2,1-4H3;. The molecule has 1 atom stereocenters. The second-order valence-corrected chi connectivity index (χ2v) is 17.4. The molecular weight excluding hydrogens is 500 g/mol. The Morgan fingerprint density at radius 2 is 1.23 bits per heavy atom. The first-order valence-corrected chi connectivity index (χ1v) is 16.3. The van der Waals surface area contributed by atoms with Crippen molar-refractivity contribution in [2.45, 2.75) is 103 Å². The molecule has 0 aromatic heterocycles. The van der Waals surface area contributed by atoms with Gasteiger partial charge in [0.15, 0.2) is 0 Å². The fourth-order valence-electron chi connectivity index (χ4n) is 5.42. The van der Waals surface area contributed by atoms with Gasteiger partial charge in [-0.3, -0.25) is 0 Å². The van der Waals surface area contributed by atoms with Gasteiger partial charge in [-0.15, -0.1) is 0 Å². The molecule has 0 fully saturated rings. The average Bonchev–Trinajstić information content (AvgIpc) is 3.30. The minimum absolute atomic E-state index is 0.174. The molecule has 0 saturated carbocycles. The fourth-order valence-corrected chi connectivity index (χ4v) is 9.85. The van der Waals surface area contributed by atoms with Gasteiger partial charge in [0.25, 0.3) is 0 Å². The summed E-state index contributed by atoms with van der Waals surface area (Å²) in [6.45, 7) is 23.6. The van der Waals surface area contributed by atoms with Gasteiger partial charge in [-0.25, -0.2) is 0 Å². The van der Waals surface area contributed by atoms with E-state index in [0.717, 1.165) is 0 Å². The van der Waals surface area contributed by atoms with Gasteiger partial charge < -0.3 is 0 Å². The average molecular weight is 546 g/mol. The Balaban J connectivity index is 1.81. The summed E-state index contributed by atoms with van der Waals surface area (Å²) in [5.74, 6) is 0.667.